The highest BCUT2D eigenvalue weighted by Crippen LogP contribution is 2.39. The molecule has 0 unspecified atom stereocenters. The average Bonchev–Trinajstić information content (AvgIpc) is 3.26. The van der Waals surface area contributed by atoms with Crippen LogP contribution in [0.2, 0.25) is 0 Å². The van der Waals surface area contributed by atoms with Gasteiger partial charge in [0.05, 0.1) is 5.69 Å². The van der Waals surface area contributed by atoms with Crippen molar-refractivity contribution in [3.05, 3.63) is 39.5 Å². The Labute approximate surface area is 129 Å². The largest absolute Gasteiger partial charge is 0.339 e. The summed E-state index contributed by atoms with van der Waals surface area (Å²) >= 11 is 2.08. The number of nitrogens with two attached hydrogens (primary N) is 1. The van der Waals surface area contributed by atoms with E-state index in [0.29, 0.717) is 17.6 Å². The molecule has 0 atom stereocenters. The van der Waals surface area contributed by atoms with Crippen LogP contribution in [0.25, 0.3) is 0 Å². The van der Waals surface area contributed by atoms with Crippen molar-refractivity contribution in [2.24, 2.45) is 5.84 Å². The van der Waals surface area contributed by atoms with Gasteiger partial charge in [0.1, 0.15) is 23.3 Å². The molecule has 0 spiro atoms. The van der Waals surface area contributed by atoms with Crippen LogP contribution in [0.3, 0.4) is 0 Å². The molecule has 0 amide bonds. The fourth-order valence-electron chi connectivity index (χ4n) is 1.86. The number of hydrogen-bond donors (Lipinski definition) is 3. The zero-order valence-electron chi connectivity index (χ0n) is 10.5. The number of hydrazine groups is 1. The fraction of sp³-hybridized carbons (Fsp3) is 0.231. The summed E-state index contributed by atoms with van der Waals surface area (Å²) in [5.74, 6) is 7.62. The molecule has 0 radical (unpaired) electrons. The summed E-state index contributed by atoms with van der Waals surface area (Å²) in [6.45, 7) is 0. The first-order valence-corrected chi connectivity index (χ1v) is 7.31. The van der Waals surface area contributed by atoms with Gasteiger partial charge in [0, 0.05) is 15.6 Å². The van der Waals surface area contributed by atoms with Crippen molar-refractivity contribution >= 4 is 39.9 Å². The van der Waals surface area contributed by atoms with Crippen molar-refractivity contribution in [3.63, 3.8) is 0 Å². The van der Waals surface area contributed by atoms with Gasteiger partial charge in [-0.25, -0.2) is 20.2 Å². The third-order valence-electron chi connectivity index (χ3n) is 3.03. The molecule has 0 aliphatic heterocycles. The number of anilines is 3. The number of rotatable bonds is 4. The van der Waals surface area contributed by atoms with Crippen molar-refractivity contribution in [1.29, 1.82) is 0 Å². The van der Waals surface area contributed by atoms with Crippen molar-refractivity contribution < 1.29 is 4.39 Å². The van der Waals surface area contributed by atoms with E-state index in [9.17, 15) is 4.39 Å². The molecular formula is C13H13FIN5. The number of benzene rings is 1. The van der Waals surface area contributed by atoms with Gasteiger partial charge in [0.15, 0.2) is 0 Å². The normalized spacial score (nSPS) is 14.2. The molecular weight excluding hydrogens is 372 g/mol. The zero-order chi connectivity index (χ0) is 14.1. The van der Waals surface area contributed by atoms with Crippen molar-refractivity contribution in [3.8, 4) is 0 Å². The molecule has 0 saturated heterocycles. The second kappa shape index (κ2) is 5.49. The number of hydrogen-bond acceptors (Lipinski definition) is 5. The Kier molecular flexibility index (Phi) is 3.70. The molecule has 1 saturated carbocycles. The Morgan fingerprint density at radius 1 is 1.20 bits per heavy atom. The summed E-state index contributed by atoms with van der Waals surface area (Å²) in [5, 5.41) is 3.18. The molecule has 1 fully saturated rings. The minimum atomic E-state index is -0.259. The standard InChI is InChI=1S/C13H13FIN5/c14-8-3-4-10(9(15)5-8)17-11-6-12(20-16)19-13(18-11)7-1-2-7/h3-7H,1-2,16H2,(H2,17,18,19,20). The van der Waals surface area contributed by atoms with Gasteiger partial charge in [0.25, 0.3) is 0 Å². The van der Waals surface area contributed by atoms with Crippen LogP contribution in [-0.4, -0.2) is 9.97 Å². The first-order chi connectivity index (χ1) is 9.65. The monoisotopic (exact) mass is 385 g/mol. The molecule has 1 heterocycles. The molecule has 0 bridgehead atoms. The van der Waals surface area contributed by atoms with Gasteiger partial charge in [0.2, 0.25) is 0 Å². The zero-order valence-corrected chi connectivity index (χ0v) is 12.7. The Morgan fingerprint density at radius 3 is 2.60 bits per heavy atom. The van der Waals surface area contributed by atoms with E-state index in [1.807, 2.05) is 0 Å². The van der Waals surface area contributed by atoms with Crippen molar-refractivity contribution in [1.82, 2.24) is 9.97 Å². The molecule has 5 nitrogen and oxygen atoms in total. The quantitative estimate of drug-likeness (QED) is 0.429. The maximum Gasteiger partial charge on any atom is 0.145 e. The summed E-state index contributed by atoms with van der Waals surface area (Å²) in [5.41, 5.74) is 3.35. The summed E-state index contributed by atoms with van der Waals surface area (Å²) in [6, 6.07) is 6.29. The summed E-state index contributed by atoms with van der Waals surface area (Å²) in [4.78, 5) is 8.83. The number of aromatic nitrogens is 2. The highest BCUT2D eigenvalue weighted by atomic mass is 127. The minimum absolute atomic E-state index is 0.259. The van der Waals surface area contributed by atoms with Gasteiger partial charge in [-0.1, -0.05) is 0 Å². The molecule has 1 aromatic heterocycles. The predicted molar refractivity (Wildman–Crippen MR) is 84.2 cm³/mol. The Balaban J connectivity index is 1.91. The predicted octanol–water partition coefficient (Wildman–Crippen LogP) is 3.13. The average molecular weight is 385 g/mol. The van der Waals surface area contributed by atoms with Crippen molar-refractivity contribution in [2.45, 2.75) is 18.8 Å². The molecule has 104 valence electrons. The van der Waals surface area contributed by atoms with Gasteiger partial charge >= 0.3 is 0 Å². The van der Waals surface area contributed by atoms with E-state index < -0.39 is 0 Å². The first-order valence-electron chi connectivity index (χ1n) is 6.23. The number of nitrogens with zero attached hydrogens (tertiary/aromatic N) is 2. The minimum Gasteiger partial charge on any atom is -0.339 e. The van der Waals surface area contributed by atoms with Gasteiger partial charge in [-0.05, 0) is 53.6 Å². The van der Waals surface area contributed by atoms with Gasteiger partial charge in [-0.2, -0.15) is 0 Å². The van der Waals surface area contributed by atoms with Gasteiger partial charge in [-0.15, -0.1) is 0 Å². The smallest absolute Gasteiger partial charge is 0.145 e. The maximum atomic E-state index is 13.1. The maximum absolute atomic E-state index is 13.1. The third-order valence-corrected chi connectivity index (χ3v) is 3.92. The van der Waals surface area contributed by atoms with E-state index in [-0.39, 0.29) is 5.82 Å². The van der Waals surface area contributed by atoms with Crippen LogP contribution in [0.5, 0.6) is 0 Å². The number of nitrogen functional groups attached to an aromatic ring is 1. The lowest BCUT2D eigenvalue weighted by Crippen LogP contribution is -2.11. The third kappa shape index (κ3) is 2.98. The van der Waals surface area contributed by atoms with Gasteiger partial charge < -0.3 is 10.7 Å². The van der Waals surface area contributed by atoms with Crippen LogP contribution in [0.4, 0.5) is 21.7 Å². The second-order valence-corrected chi connectivity index (χ2v) is 5.83. The fourth-order valence-corrected chi connectivity index (χ4v) is 2.47. The van der Waals surface area contributed by atoms with E-state index >= 15 is 0 Å². The van der Waals surface area contributed by atoms with Crippen LogP contribution in [0.15, 0.2) is 24.3 Å². The van der Waals surface area contributed by atoms with E-state index in [2.05, 4.69) is 43.3 Å². The summed E-state index contributed by atoms with van der Waals surface area (Å²) in [7, 11) is 0. The molecule has 3 rings (SSSR count). The van der Waals surface area contributed by atoms with Crippen LogP contribution in [-0.2, 0) is 0 Å². The van der Waals surface area contributed by atoms with Crippen LogP contribution in [0, 0.1) is 9.39 Å². The van der Waals surface area contributed by atoms with E-state index in [1.165, 1.54) is 12.1 Å². The second-order valence-electron chi connectivity index (χ2n) is 4.66. The van der Waals surface area contributed by atoms with Crippen molar-refractivity contribution in [2.75, 3.05) is 10.7 Å². The highest BCUT2D eigenvalue weighted by Gasteiger charge is 2.27. The SMILES string of the molecule is NNc1cc(Nc2ccc(F)cc2I)nc(C2CC2)n1. The number of halogens is 2. The lowest BCUT2D eigenvalue weighted by Gasteiger charge is -2.10. The molecule has 7 heteroatoms. The topological polar surface area (TPSA) is 75.9 Å². The lowest BCUT2D eigenvalue weighted by atomic mass is 10.3. The Hall–Kier alpha value is -1.48. The molecule has 4 N–H and O–H groups in total. The van der Waals surface area contributed by atoms with E-state index in [4.69, 9.17) is 5.84 Å². The molecule has 1 aliphatic carbocycles. The highest BCUT2D eigenvalue weighted by molar-refractivity contribution is 14.1. The summed E-state index contributed by atoms with van der Waals surface area (Å²) < 4.78 is 13.9. The number of nitrogens with one attached hydrogen (secondary N) is 2. The van der Waals surface area contributed by atoms with E-state index in [0.717, 1.165) is 27.9 Å². The molecule has 20 heavy (non-hydrogen) atoms. The van der Waals surface area contributed by atoms with Crippen LogP contribution in [0.1, 0.15) is 24.6 Å². The Bertz CT molecular complexity index is 645. The molecule has 2 aromatic rings. The lowest BCUT2D eigenvalue weighted by molar-refractivity contribution is 0.627. The summed E-state index contributed by atoms with van der Waals surface area (Å²) in [6.07, 6.45) is 2.23. The Morgan fingerprint density at radius 2 is 1.95 bits per heavy atom. The molecule has 1 aliphatic rings. The van der Waals surface area contributed by atoms with E-state index in [1.54, 1.807) is 12.1 Å². The van der Waals surface area contributed by atoms with Gasteiger partial charge in [-0.3, -0.25) is 0 Å². The molecule has 1 aromatic carbocycles. The first kappa shape index (κ1) is 13.5. The van der Waals surface area contributed by atoms with Crippen LogP contribution >= 0.6 is 22.6 Å². The van der Waals surface area contributed by atoms with Crippen LogP contribution < -0.4 is 16.6 Å².